The Bertz CT molecular complexity index is 435. The summed E-state index contributed by atoms with van der Waals surface area (Å²) < 4.78 is 0. The number of likely N-dealkylation sites (N-methyl/N-ethyl adjacent to an activating group) is 1. The topological polar surface area (TPSA) is 49.6 Å². The van der Waals surface area contributed by atoms with Gasteiger partial charge in [-0.1, -0.05) is 37.3 Å². The maximum Gasteiger partial charge on any atom is 0.224 e. The zero-order valence-corrected chi connectivity index (χ0v) is 12.5. The average Bonchev–Trinajstić information content (AvgIpc) is 2.47. The summed E-state index contributed by atoms with van der Waals surface area (Å²) >= 11 is 0. The molecule has 1 heterocycles. The molecule has 0 aromatic heterocycles. The van der Waals surface area contributed by atoms with E-state index in [4.69, 9.17) is 5.73 Å². The molecule has 2 unspecified atom stereocenters. The second-order valence-electron chi connectivity index (χ2n) is 5.65. The van der Waals surface area contributed by atoms with Crippen LogP contribution in [0.25, 0.3) is 0 Å². The average molecular weight is 275 g/mol. The molecule has 0 saturated carbocycles. The van der Waals surface area contributed by atoms with E-state index in [-0.39, 0.29) is 18.0 Å². The molecule has 1 aromatic carbocycles. The first kappa shape index (κ1) is 15.0. The van der Waals surface area contributed by atoms with Crippen molar-refractivity contribution in [2.24, 2.45) is 5.73 Å². The normalized spacial score (nSPS) is 21.8. The molecule has 110 valence electrons. The summed E-state index contributed by atoms with van der Waals surface area (Å²) in [5.41, 5.74) is 7.14. The van der Waals surface area contributed by atoms with Crippen LogP contribution >= 0.6 is 0 Å². The van der Waals surface area contributed by atoms with Gasteiger partial charge in [-0.3, -0.25) is 4.79 Å². The van der Waals surface area contributed by atoms with Gasteiger partial charge in [0.2, 0.25) is 5.91 Å². The molecule has 0 spiro atoms. The van der Waals surface area contributed by atoms with Crippen LogP contribution in [0.3, 0.4) is 0 Å². The number of amides is 1. The Morgan fingerprint density at radius 2 is 2.05 bits per heavy atom. The summed E-state index contributed by atoms with van der Waals surface area (Å²) in [7, 11) is 2.11. The van der Waals surface area contributed by atoms with Crippen LogP contribution in [-0.4, -0.2) is 48.4 Å². The van der Waals surface area contributed by atoms with Gasteiger partial charge in [0.25, 0.3) is 0 Å². The quantitative estimate of drug-likeness (QED) is 0.908. The maximum absolute atomic E-state index is 12.5. The predicted octanol–water partition coefficient (Wildman–Crippen LogP) is 1.63. The Balaban J connectivity index is 2.14. The molecule has 1 aliphatic heterocycles. The van der Waals surface area contributed by atoms with Crippen molar-refractivity contribution in [2.75, 3.05) is 26.7 Å². The SMILES string of the molecule is CCC(N)CC(=O)N1CCN(C)CC1c1ccccc1. The molecule has 20 heavy (non-hydrogen) atoms. The van der Waals surface area contributed by atoms with E-state index in [0.29, 0.717) is 6.42 Å². The lowest BCUT2D eigenvalue weighted by Crippen LogP contribution is -2.50. The lowest BCUT2D eigenvalue weighted by molar-refractivity contribution is -0.136. The summed E-state index contributed by atoms with van der Waals surface area (Å²) in [5.74, 6) is 0.182. The van der Waals surface area contributed by atoms with E-state index < -0.39 is 0 Å². The second-order valence-corrected chi connectivity index (χ2v) is 5.65. The minimum atomic E-state index is -0.0291. The van der Waals surface area contributed by atoms with Crippen molar-refractivity contribution in [2.45, 2.75) is 31.8 Å². The van der Waals surface area contributed by atoms with Crippen molar-refractivity contribution in [3.05, 3.63) is 35.9 Å². The number of carbonyl (C=O) groups excluding carboxylic acids is 1. The molecule has 1 amide bonds. The first-order valence-electron chi connectivity index (χ1n) is 7.40. The van der Waals surface area contributed by atoms with Crippen LogP contribution in [0.1, 0.15) is 31.4 Å². The molecular formula is C16H25N3O. The summed E-state index contributed by atoms with van der Waals surface area (Å²) in [4.78, 5) is 16.8. The highest BCUT2D eigenvalue weighted by molar-refractivity contribution is 5.77. The van der Waals surface area contributed by atoms with E-state index >= 15 is 0 Å². The van der Waals surface area contributed by atoms with Crippen molar-refractivity contribution >= 4 is 5.91 Å². The van der Waals surface area contributed by atoms with Crippen LogP contribution < -0.4 is 5.73 Å². The van der Waals surface area contributed by atoms with Crippen LogP contribution in [0.15, 0.2) is 30.3 Å². The van der Waals surface area contributed by atoms with Gasteiger partial charge in [0.15, 0.2) is 0 Å². The van der Waals surface area contributed by atoms with Gasteiger partial charge >= 0.3 is 0 Å². The van der Waals surface area contributed by atoms with Gasteiger partial charge < -0.3 is 15.5 Å². The fraction of sp³-hybridized carbons (Fsp3) is 0.562. The number of nitrogens with zero attached hydrogens (tertiary/aromatic N) is 2. The van der Waals surface area contributed by atoms with Crippen molar-refractivity contribution < 1.29 is 4.79 Å². The fourth-order valence-corrected chi connectivity index (χ4v) is 2.66. The van der Waals surface area contributed by atoms with E-state index in [0.717, 1.165) is 26.1 Å². The van der Waals surface area contributed by atoms with Crippen LogP contribution in [0, 0.1) is 0 Å². The van der Waals surface area contributed by atoms with Crippen LogP contribution in [0.2, 0.25) is 0 Å². The van der Waals surface area contributed by atoms with Gasteiger partial charge in [-0.25, -0.2) is 0 Å². The van der Waals surface area contributed by atoms with Crippen LogP contribution in [0.5, 0.6) is 0 Å². The van der Waals surface area contributed by atoms with Gasteiger partial charge in [0.05, 0.1) is 6.04 Å². The van der Waals surface area contributed by atoms with Gasteiger partial charge in [-0.05, 0) is 19.0 Å². The predicted molar refractivity (Wildman–Crippen MR) is 81.3 cm³/mol. The third-order valence-electron chi connectivity index (χ3n) is 4.05. The Kier molecular flexibility index (Phi) is 5.15. The maximum atomic E-state index is 12.5. The highest BCUT2D eigenvalue weighted by Gasteiger charge is 2.30. The van der Waals surface area contributed by atoms with Gasteiger partial charge in [-0.2, -0.15) is 0 Å². The molecule has 4 nitrogen and oxygen atoms in total. The van der Waals surface area contributed by atoms with Crippen molar-refractivity contribution in [1.82, 2.24) is 9.80 Å². The molecule has 0 aliphatic carbocycles. The monoisotopic (exact) mass is 275 g/mol. The minimum absolute atomic E-state index is 0.0291. The van der Waals surface area contributed by atoms with Crippen LogP contribution in [-0.2, 0) is 4.79 Å². The molecular weight excluding hydrogens is 250 g/mol. The summed E-state index contributed by atoms with van der Waals surface area (Å²) in [6.45, 7) is 4.62. The van der Waals surface area contributed by atoms with Crippen LogP contribution in [0.4, 0.5) is 0 Å². The summed E-state index contributed by atoms with van der Waals surface area (Å²) in [6, 6.07) is 10.4. The van der Waals surface area contributed by atoms with Gasteiger partial charge in [0, 0.05) is 32.1 Å². The highest BCUT2D eigenvalue weighted by Crippen LogP contribution is 2.25. The third-order valence-corrected chi connectivity index (χ3v) is 4.05. The molecule has 2 N–H and O–H groups in total. The van der Waals surface area contributed by atoms with Gasteiger partial charge in [0.1, 0.15) is 0 Å². The fourth-order valence-electron chi connectivity index (χ4n) is 2.66. The number of rotatable bonds is 4. The van der Waals surface area contributed by atoms with Crippen molar-refractivity contribution in [3.8, 4) is 0 Å². The number of hydrogen-bond donors (Lipinski definition) is 1. The molecule has 4 heteroatoms. The summed E-state index contributed by atoms with van der Waals surface area (Å²) in [6.07, 6.45) is 1.29. The molecule has 1 saturated heterocycles. The number of nitrogens with two attached hydrogens (primary N) is 1. The molecule has 0 bridgehead atoms. The lowest BCUT2D eigenvalue weighted by Gasteiger charge is -2.40. The third kappa shape index (κ3) is 3.58. The van der Waals surface area contributed by atoms with E-state index in [1.54, 1.807) is 0 Å². The number of benzene rings is 1. The molecule has 1 aliphatic rings. The molecule has 2 atom stereocenters. The molecule has 1 aromatic rings. The van der Waals surface area contributed by atoms with Crippen molar-refractivity contribution in [1.29, 1.82) is 0 Å². The van der Waals surface area contributed by atoms with E-state index in [2.05, 4.69) is 24.1 Å². The Hall–Kier alpha value is -1.39. The lowest BCUT2D eigenvalue weighted by atomic mass is 10.0. The Morgan fingerprint density at radius 1 is 1.35 bits per heavy atom. The number of hydrogen-bond acceptors (Lipinski definition) is 3. The molecule has 2 rings (SSSR count). The zero-order chi connectivity index (χ0) is 14.5. The first-order chi connectivity index (χ1) is 9.61. The zero-order valence-electron chi connectivity index (χ0n) is 12.5. The standard InChI is InChI=1S/C16H25N3O/c1-3-14(17)11-16(20)19-10-9-18(2)12-15(19)13-7-5-4-6-8-13/h4-8,14-15H,3,9-12,17H2,1-2H3. The first-order valence-corrected chi connectivity index (χ1v) is 7.40. The molecule has 1 fully saturated rings. The Morgan fingerprint density at radius 3 is 2.70 bits per heavy atom. The summed E-state index contributed by atoms with van der Waals surface area (Å²) in [5, 5.41) is 0. The van der Waals surface area contributed by atoms with E-state index in [9.17, 15) is 4.79 Å². The van der Waals surface area contributed by atoms with E-state index in [1.807, 2.05) is 30.0 Å². The van der Waals surface area contributed by atoms with Crippen molar-refractivity contribution in [3.63, 3.8) is 0 Å². The van der Waals surface area contributed by atoms with Gasteiger partial charge in [-0.15, -0.1) is 0 Å². The smallest absolute Gasteiger partial charge is 0.224 e. The Labute approximate surface area is 121 Å². The minimum Gasteiger partial charge on any atom is -0.333 e. The highest BCUT2D eigenvalue weighted by atomic mass is 16.2. The number of piperazine rings is 1. The molecule has 0 radical (unpaired) electrons. The second kappa shape index (κ2) is 6.86. The largest absolute Gasteiger partial charge is 0.333 e. The van der Waals surface area contributed by atoms with E-state index in [1.165, 1.54) is 5.56 Å². The number of carbonyl (C=O) groups is 1.